The Kier molecular flexibility index (Phi) is 7.54. The lowest BCUT2D eigenvalue weighted by molar-refractivity contribution is 0.666. The summed E-state index contributed by atoms with van der Waals surface area (Å²) in [5, 5.41) is 11.4. The lowest BCUT2D eigenvalue weighted by atomic mass is 10.0. The molecule has 3 aromatic heterocycles. The predicted octanol–water partition coefficient (Wildman–Crippen LogP) is 15.0. The molecule has 288 valence electrons. The number of aromatic nitrogens is 4. The number of nitrogens with zero attached hydrogens (tertiary/aromatic N) is 4. The molecule has 0 spiro atoms. The summed E-state index contributed by atoms with van der Waals surface area (Å²) >= 11 is 0. The van der Waals surface area contributed by atoms with Gasteiger partial charge in [0.25, 0.3) is 0 Å². The third kappa shape index (κ3) is 5.52. The molecule has 13 aromatic rings. The third-order valence-corrected chi connectivity index (χ3v) is 12.4. The van der Waals surface area contributed by atoms with Crippen LogP contribution in [-0.4, -0.2) is 19.5 Å². The van der Waals surface area contributed by atoms with E-state index in [0.29, 0.717) is 17.5 Å². The Labute approximate surface area is 355 Å². The Balaban J connectivity index is 1.10. The molecule has 0 saturated carbocycles. The van der Waals surface area contributed by atoms with Gasteiger partial charge in [0.15, 0.2) is 23.1 Å². The second kappa shape index (κ2) is 13.6. The lowest BCUT2D eigenvalue weighted by Gasteiger charge is -2.13. The van der Waals surface area contributed by atoms with Gasteiger partial charge in [0, 0.05) is 38.2 Å². The molecule has 0 aliphatic carbocycles. The molecule has 13 rings (SSSR count). The molecular weight excluding hydrogens is 757 g/mol. The van der Waals surface area contributed by atoms with Crippen molar-refractivity contribution in [2.45, 2.75) is 0 Å². The summed E-state index contributed by atoms with van der Waals surface area (Å²) in [6.07, 6.45) is 0. The average Bonchev–Trinajstić information content (AvgIpc) is 3.87. The molecule has 3 heterocycles. The molecule has 0 fully saturated rings. The van der Waals surface area contributed by atoms with Gasteiger partial charge < -0.3 is 8.98 Å². The highest BCUT2D eigenvalue weighted by molar-refractivity contribution is 6.18. The Morgan fingerprint density at radius 3 is 1.45 bits per heavy atom. The highest BCUT2D eigenvalue weighted by atomic mass is 16.3. The first-order valence-electron chi connectivity index (χ1n) is 20.9. The van der Waals surface area contributed by atoms with E-state index in [1.165, 1.54) is 32.3 Å². The molecule has 0 saturated heterocycles. The van der Waals surface area contributed by atoms with E-state index < -0.39 is 0 Å². The number of para-hydroxylation sites is 1. The van der Waals surface area contributed by atoms with Gasteiger partial charge in [-0.05, 0) is 92.0 Å². The number of benzene rings is 10. The van der Waals surface area contributed by atoms with Gasteiger partial charge in [-0.1, -0.05) is 158 Å². The average molecular weight is 791 g/mol. The van der Waals surface area contributed by atoms with Gasteiger partial charge in [-0.25, -0.2) is 15.0 Å². The van der Waals surface area contributed by atoms with Gasteiger partial charge in [-0.15, -0.1) is 0 Å². The molecule has 0 bridgehead atoms. The largest absolute Gasteiger partial charge is 0.454 e. The van der Waals surface area contributed by atoms with Crippen LogP contribution in [0.2, 0.25) is 0 Å². The van der Waals surface area contributed by atoms with Gasteiger partial charge in [-0.3, -0.25) is 0 Å². The van der Waals surface area contributed by atoms with E-state index in [9.17, 15) is 0 Å². The highest BCUT2D eigenvalue weighted by Gasteiger charge is 2.22. The first-order chi connectivity index (χ1) is 30.7. The molecule has 0 unspecified atom stereocenters. The molecule has 0 atom stereocenters. The van der Waals surface area contributed by atoms with E-state index in [0.717, 1.165) is 77.2 Å². The molecule has 5 nitrogen and oxygen atoms in total. The van der Waals surface area contributed by atoms with Crippen LogP contribution in [0.4, 0.5) is 0 Å². The van der Waals surface area contributed by atoms with E-state index in [4.69, 9.17) is 19.4 Å². The van der Waals surface area contributed by atoms with E-state index in [1.54, 1.807) is 0 Å². The van der Waals surface area contributed by atoms with Crippen molar-refractivity contribution in [1.82, 2.24) is 19.5 Å². The summed E-state index contributed by atoms with van der Waals surface area (Å²) in [4.78, 5) is 15.8. The van der Waals surface area contributed by atoms with Crippen LogP contribution < -0.4 is 0 Å². The number of furan rings is 1. The van der Waals surface area contributed by atoms with Crippen molar-refractivity contribution in [3.05, 3.63) is 206 Å². The maximum absolute atomic E-state index is 6.87. The molecule has 10 aromatic carbocycles. The van der Waals surface area contributed by atoms with Crippen LogP contribution in [0.1, 0.15) is 0 Å². The summed E-state index contributed by atoms with van der Waals surface area (Å²) in [5.74, 6) is 1.79. The van der Waals surface area contributed by atoms with Gasteiger partial charge >= 0.3 is 0 Å². The molecule has 0 N–H and O–H groups in total. The molecule has 0 amide bonds. The zero-order valence-corrected chi connectivity index (χ0v) is 33.3. The van der Waals surface area contributed by atoms with Gasteiger partial charge in [0.2, 0.25) is 0 Å². The van der Waals surface area contributed by atoms with Gasteiger partial charge in [0.1, 0.15) is 5.58 Å². The SMILES string of the molecule is c1ccc(-c2ccc(-c3nc(-c4ccc5ccccc5c4)nc(-c4cc(-n5c6cc7ccccc7cc6c6cc7ccccc7cc65)c5oc6ccccc6c5c4)n3)cc2)cc1. The van der Waals surface area contributed by atoms with Crippen molar-refractivity contribution in [3.63, 3.8) is 0 Å². The maximum Gasteiger partial charge on any atom is 0.164 e. The van der Waals surface area contributed by atoms with Crippen LogP contribution in [0.15, 0.2) is 211 Å². The minimum Gasteiger partial charge on any atom is -0.454 e. The standard InChI is InChI=1S/C57H34N4O/c1-2-12-35(13-3-1)37-22-25-38(26-23-37)55-58-56(44-27-24-36-14-4-5-15-39(36)28-44)60-57(59-55)45-31-49-46-20-10-11-21-53(46)62-54(49)52(34-45)61-50-32-42-18-8-6-16-40(42)29-47(50)48-30-41-17-7-9-19-43(41)33-51(48)61/h1-34H. The fourth-order valence-electron chi connectivity index (χ4n) is 9.29. The minimum absolute atomic E-state index is 0.579. The Bertz CT molecular complexity index is 3830. The van der Waals surface area contributed by atoms with Crippen molar-refractivity contribution in [1.29, 1.82) is 0 Å². The van der Waals surface area contributed by atoms with E-state index >= 15 is 0 Å². The summed E-state index contributed by atoms with van der Waals surface area (Å²) in [7, 11) is 0. The van der Waals surface area contributed by atoms with Crippen LogP contribution in [0.3, 0.4) is 0 Å². The summed E-state index contributed by atoms with van der Waals surface area (Å²) in [5.41, 5.74) is 9.72. The van der Waals surface area contributed by atoms with Crippen molar-refractivity contribution in [2.24, 2.45) is 0 Å². The quantitative estimate of drug-likeness (QED) is 0.174. The summed E-state index contributed by atoms with van der Waals surface area (Å²) < 4.78 is 9.25. The fraction of sp³-hybridized carbons (Fsp3) is 0. The van der Waals surface area contributed by atoms with E-state index in [2.05, 4.69) is 193 Å². The zero-order valence-electron chi connectivity index (χ0n) is 33.3. The van der Waals surface area contributed by atoms with E-state index in [-0.39, 0.29) is 0 Å². The van der Waals surface area contributed by atoms with Gasteiger partial charge in [0.05, 0.1) is 16.7 Å². The second-order valence-corrected chi connectivity index (χ2v) is 16.1. The van der Waals surface area contributed by atoms with Crippen molar-refractivity contribution >= 4 is 76.1 Å². The second-order valence-electron chi connectivity index (χ2n) is 16.1. The molecule has 0 radical (unpaired) electrons. The molecule has 5 heteroatoms. The molecule has 0 aliphatic rings. The van der Waals surface area contributed by atoms with Crippen LogP contribution in [0, 0.1) is 0 Å². The predicted molar refractivity (Wildman–Crippen MR) is 256 cm³/mol. The first kappa shape index (κ1) is 34.5. The van der Waals surface area contributed by atoms with Crippen molar-refractivity contribution in [3.8, 4) is 51.0 Å². The topological polar surface area (TPSA) is 56.7 Å². The van der Waals surface area contributed by atoms with Gasteiger partial charge in [-0.2, -0.15) is 0 Å². The Morgan fingerprint density at radius 2 is 0.790 bits per heavy atom. The first-order valence-corrected chi connectivity index (χ1v) is 20.9. The third-order valence-electron chi connectivity index (χ3n) is 12.4. The Hall–Kier alpha value is -8.41. The normalized spacial score (nSPS) is 11.9. The van der Waals surface area contributed by atoms with Crippen LogP contribution in [0.5, 0.6) is 0 Å². The molecule has 0 aliphatic heterocycles. The van der Waals surface area contributed by atoms with E-state index in [1.807, 2.05) is 18.2 Å². The van der Waals surface area contributed by atoms with Crippen LogP contribution in [-0.2, 0) is 0 Å². The Morgan fingerprint density at radius 1 is 0.306 bits per heavy atom. The number of rotatable bonds is 5. The number of hydrogen-bond donors (Lipinski definition) is 0. The molecule has 62 heavy (non-hydrogen) atoms. The lowest BCUT2D eigenvalue weighted by Crippen LogP contribution is -2.01. The smallest absolute Gasteiger partial charge is 0.164 e. The maximum atomic E-state index is 6.87. The summed E-state index contributed by atoms with van der Waals surface area (Å²) in [6, 6.07) is 72.9. The van der Waals surface area contributed by atoms with Crippen molar-refractivity contribution < 1.29 is 4.42 Å². The number of fused-ring (bicyclic) bond motifs is 9. The minimum atomic E-state index is 0.579. The fourth-order valence-corrected chi connectivity index (χ4v) is 9.29. The van der Waals surface area contributed by atoms with Crippen molar-refractivity contribution in [2.75, 3.05) is 0 Å². The van der Waals surface area contributed by atoms with Crippen LogP contribution >= 0.6 is 0 Å². The molecular formula is C57H34N4O. The monoisotopic (exact) mass is 790 g/mol. The van der Waals surface area contributed by atoms with Crippen LogP contribution in [0.25, 0.3) is 127 Å². The zero-order chi connectivity index (χ0) is 40.7. The highest BCUT2D eigenvalue weighted by Crippen LogP contribution is 2.42. The summed E-state index contributed by atoms with van der Waals surface area (Å²) in [6.45, 7) is 0. The number of hydrogen-bond acceptors (Lipinski definition) is 4.